The van der Waals surface area contributed by atoms with Crippen molar-refractivity contribution in [2.24, 2.45) is 0 Å². The molecule has 0 amide bonds. The Balaban J connectivity index is 1.79. The van der Waals surface area contributed by atoms with Gasteiger partial charge in [-0.15, -0.1) is 11.3 Å². The molecule has 1 fully saturated rings. The first-order chi connectivity index (χ1) is 10.2. The molecule has 0 spiro atoms. The van der Waals surface area contributed by atoms with Crippen LogP contribution in [0, 0.1) is 0 Å². The van der Waals surface area contributed by atoms with Gasteiger partial charge in [-0.05, 0) is 18.8 Å². The molecule has 0 aliphatic heterocycles. The van der Waals surface area contributed by atoms with Gasteiger partial charge in [-0.1, -0.05) is 57.0 Å². The summed E-state index contributed by atoms with van der Waals surface area (Å²) in [5.74, 6) is 0.485. The fourth-order valence-electron chi connectivity index (χ4n) is 3.01. The monoisotopic (exact) mass is 300 g/mol. The SMILES string of the molecule is CC(C)c1nc(-c2ccccc2)sc1CNC1CCCC1. The zero-order valence-corrected chi connectivity index (χ0v) is 13.7. The fourth-order valence-corrected chi connectivity index (χ4v) is 4.19. The van der Waals surface area contributed by atoms with Crippen molar-refractivity contribution in [1.82, 2.24) is 10.3 Å². The van der Waals surface area contributed by atoms with E-state index >= 15 is 0 Å². The van der Waals surface area contributed by atoms with Crippen molar-refractivity contribution in [1.29, 1.82) is 0 Å². The number of rotatable bonds is 5. The van der Waals surface area contributed by atoms with Crippen molar-refractivity contribution >= 4 is 11.3 Å². The van der Waals surface area contributed by atoms with Gasteiger partial charge < -0.3 is 5.32 Å². The summed E-state index contributed by atoms with van der Waals surface area (Å²) < 4.78 is 0. The van der Waals surface area contributed by atoms with E-state index in [1.54, 1.807) is 0 Å². The third-order valence-corrected chi connectivity index (χ3v) is 5.32. The molecule has 2 nitrogen and oxygen atoms in total. The van der Waals surface area contributed by atoms with E-state index in [-0.39, 0.29) is 0 Å². The van der Waals surface area contributed by atoms with E-state index in [0.717, 1.165) is 11.6 Å². The Labute approximate surface area is 131 Å². The first kappa shape index (κ1) is 14.7. The van der Waals surface area contributed by atoms with E-state index < -0.39 is 0 Å². The molecule has 0 bridgehead atoms. The van der Waals surface area contributed by atoms with E-state index in [1.165, 1.54) is 41.8 Å². The maximum Gasteiger partial charge on any atom is 0.123 e. The Hall–Kier alpha value is -1.19. The fraction of sp³-hybridized carbons (Fsp3) is 0.500. The molecule has 1 saturated carbocycles. The van der Waals surface area contributed by atoms with Crippen LogP contribution in [0.15, 0.2) is 30.3 Å². The average molecular weight is 300 g/mol. The number of benzene rings is 1. The minimum Gasteiger partial charge on any atom is -0.309 e. The van der Waals surface area contributed by atoms with Crippen molar-refractivity contribution in [3.8, 4) is 10.6 Å². The molecule has 2 aromatic rings. The second-order valence-corrected chi connectivity index (χ2v) is 7.29. The van der Waals surface area contributed by atoms with Crippen molar-refractivity contribution in [3.63, 3.8) is 0 Å². The van der Waals surface area contributed by atoms with E-state index in [1.807, 2.05) is 11.3 Å². The van der Waals surface area contributed by atoms with Gasteiger partial charge in [-0.3, -0.25) is 0 Å². The number of thiazole rings is 1. The Morgan fingerprint density at radius 2 is 1.90 bits per heavy atom. The van der Waals surface area contributed by atoms with Crippen molar-refractivity contribution in [2.75, 3.05) is 0 Å². The minimum atomic E-state index is 0.485. The summed E-state index contributed by atoms with van der Waals surface area (Å²) >= 11 is 1.85. The molecule has 1 heterocycles. The Kier molecular flexibility index (Phi) is 4.71. The number of hydrogen-bond donors (Lipinski definition) is 1. The molecule has 1 aliphatic carbocycles. The van der Waals surface area contributed by atoms with Gasteiger partial charge in [-0.2, -0.15) is 0 Å². The summed E-state index contributed by atoms with van der Waals surface area (Å²) in [6, 6.07) is 11.2. The quantitative estimate of drug-likeness (QED) is 0.843. The third kappa shape index (κ3) is 3.53. The van der Waals surface area contributed by atoms with Gasteiger partial charge in [0.2, 0.25) is 0 Å². The van der Waals surface area contributed by atoms with Crippen LogP contribution < -0.4 is 5.32 Å². The highest BCUT2D eigenvalue weighted by atomic mass is 32.1. The predicted molar refractivity (Wildman–Crippen MR) is 90.7 cm³/mol. The zero-order chi connectivity index (χ0) is 14.7. The lowest BCUT2D eigenvalue weighted by Gasteiger charge is -2.12. The van der Waals surface area contributed by atoms with Crippen LogP contribution in [0.25, 0.3) is 10.6 Å². The van der Waals surface area contributed by atoms with E-state index in [0.29, 0.717) is 12.0 Å². The van der Waals surface area contributed by atoms with Crippen LogP contribution in [-0.4, -0.2) is 11.0 Å². The highest BCUT2D eigenvalue weighted by molar-refractivity contribution is 7.15. The second-order valence-electron chi connectivity index (χ2n) is 6.21. The molecule has 0 unspecified atom stereocenters. The number of nitrogens with zero attached hydrogens (tertiary/aromatic N) is 1. The lowest BCUT2D eigenvalue weighted by molar-refractivity contribution is 0.524. The topological polar surface area (TPSA) is 24.9 Å². The standard InChI is InChI=1S/C18H24N2S/c1-13(2)17-16(12-19-15-10-6-7-11-15)21-18(20-17)14-8-4-3-5-9-14/h3-5,8-9,13,15,19H,6-7,10-12H2,1-2H3. The van der Waals surface area contributed by atoms with E-state index in [2.05, 4.69) is 49.5 Å². The van der Waals surface area contributed by atoms with Gasteiger partial charge in [0.1, 0.15) is 5.01 Å². The molecule has 3 heteroatoms. The van der Waals surface area contributed by atoms with Gasteiger partial charge in [0.05, 0.1) is 5.69 Å². The molecule has 21 heavy (non-hydrogen) atoms. The summed E-state index contributed by atoms with van der Waals surface area (Å²) in [7, 11) is 0. The molecule has 1 N–H and O–H groups in total. The zero-order valence-electron chi connectivity index (χ0n) is 12.9. The number of nitrogens with one attached hydrogen (secondary N) is 1. The molecule has 0 radical (unpaired) electrons. The molecule has 3 rings (SSSR count). The minimum absolute atomic E-state index is 0.485. The Bertz CT molecular complexity index is 568. The van der Waals surface area contributed by atoms with Crippen molar-refractivity contribution in [3.05, 3.63) is 40.9 Å². The van der Waals surface area contributed by atoms with Gasteiger partial charge in [-0.25, -0.2) is 4.98 Å². The first-order valence-electron chi connectivity index (χ1n) is 8.02. The third-order valence-electron chi connectivity index (χ3n) is 4.20. The van der Waals surface area contributed by atoms with Crippen LogP contribution in [-0.2, 0) is 6.54 Å². The van der Waals surface area contributed by atoms with E-state index in [9.17, 15) is 0 Å². The summed E-state index contributed by atoms with van der Waals surface area (Å²) in [5, 5.41) is 4.88. The average Bonchev–Trinajstić information content (AvgIpc) is 3.15. The maximum atomic E-state index is 4.90. The Morgan fingerprint density at radius 1 is 1.19 bits per heavy atom. The highest BCUT2D eigenvalue weighted by Crippen LogP contribution is 2.32. The van der Waals surface area contributed by atoms with Crippen LogP contribution in [0.2, 0.25) is 0 Å². The lowest BCUT2D eigenvalue weighted by atomic mass is 10.1. The molecule has 0 saturated heterocycles. The summed E-state index contributed by atoms with van der Waals surface area (Å²) in [6.07, 6.45) is 5.43. The van der Waals surface area contributed by atoms with Crippen LogP contribution in [0.3, 0.4) is 0 Å². The molecule has 1 aromatic carbocycles. The maximum absolute atomic E-state index is 4.90. The predicted octanol–water partition coefficient (Wildman–Crippen LogP) is 4.97. The second kappa shape index (κ2) is 6.71. The van der Waals surface area contributed by atoms with Crippen molar-refractivity contribution in [2.45, 2.75) is 58.0 Å². The van der Waals surface area contributed by atoms with Gasteiger partial charge in [0, 0.05) is 23.0 Å². The number of aromatic nitrogens is 1. The molecule has 1 aromatic heterocycles. The Morgan fingerprint density at radius 3 is 2.57 bits per heavy atom. The van der Waals surface area contributed by atoms with Gasteiger partial charge in [0.15, 0.2) is 0 Å². The largest absolute Gasteiger partial charge is 0.309 e. The van der Waals surface area contributed by atoms with Crippen LogP contribution in [0.4, 0.5) is 0 Å². The molecule has 0 atom stereocenters. The van der Waals surface area contributed by atoms with Crippen LogP contribution in [0.5, 0.6) is 0 Å². The molecule has 1 aliphatic rings. The summed E-state index contributed by atoms with van der Waals surface area (Å²) in [4.78, 5) is 6.32. The molecular formula is C18H24N2S. The van der Waals surface area contributed by atoms with Gasteiger partial charge in [0.25, 0.3) is 0 Å². The number of hydrogen-bond acceptors (Lipinski definition) is 3. The normalized spacial score (nSPS) is 16.0. The smallest absolute Gasteiger partial charge is 0.123 e. The lowest BCUT2D eigenvalue weighted by Crippen LogP contribution is -2.25. The van der Waals surface area contributed by atoms with E-state index in [4.69, 9.17) is 4.98 Å². The highest BCUT2D eigenvalue weighted by Gasteiger charge is 2.18. The van der Waals surface area contributed by atoms with Crippen LogP contribution in [0.1, 0.15) is 56.0 Å². The van der Waals surface area contributed by atoms with Gasteiger partial charge >= 0.3 is 0 Å². The molecular weight excluding hydrogens is 276 g/mol. The first-order valence-corrected chi connectivity index (χ1v) is 8.84. The van der Waals surface area contributed by atoms with Crippen LogP contribution >= 0.6 is 11.3 Å². The van der Waals surface area contributed by atoms with Crippen molar-refractivity contribution < 1.29 is 0 Å². The molecule has 112 valence electrons. The summed E-state index contributed by atoms with van der Waals surface area (Å²) in [6.45, 7) is 5.45. The summed E-state index contributed by atoms with van der Waals surface area (Å²) in [5.41, 5.74) is 2.50.